The minimum atomic E-state index is -4.71. The second-order valence-electron chi connectivity index (χ2n) is 21.8. The number of carbonyl (C=O) groups excluding carboxylic acids is 2. The molecule has 0 aliphatic carbocycles. The Morgan fingerprint density at radius 2 is 0.853 bits per heavy atom. The molecule has 0 radical (unpaired) electrons. The van der Waals surface area contributed by atoms with Gasteiger partial charge in [-0.25, -0.2) is 0 Å². The molecule has 1 amide bonds. The van der Waals surface area contributed by atoms with Crippen LogP contribution in [-0.4, -0.2) is 69.4 Å². The zero-order valence-corrected chi connectivity index (χ0v) is 50.4. The van der Waals surface area contributed by atoms with Gasteiger partial charge in [0.1, 0.15) is 19.3 Å². The summed E-state index contributed by atoms with van der Waals surface area (Å²) in [5, 5.41) is 3.02. The molecule has 1 N–H and O–H groups in total. The quantitative estimate of drug-likeness (QED) is 0.0212. The number of amides is 1. The van der Waals surface area contributed by atoms with Crippen molar-refractivity contribution in [2.24, 2.45) is 0 Å². The second-order valence-corrected chi connectivity index (χ2v) is 23.2. The van der Waals surface area contributed by atoms with E-state index in [-0.39, 0.29) is 24.9 Å². The standard InChI is InChI=1S/C65H117N2O7P/c1-7-10-13-16-19-22-25-27-29-31-32-33-34-36-38-40-43-46-49-52-55-58-65(69)74-63(56-53-50-47-44-41-24-21-18-15-12-9-3)62(61-73-75(70,71)72-60-59-67(4,5)6)66-64(68)57-54-51-48-45-42-39-37-35-30-28-26-23-20-17-14-11-8-2/h10,13,19,22,27,29,32-33,36,38,43,46,53,56,62-63H,7-9,11-12,14-18,20-21,23-26,28,30-31,34-35,37,39-42,44-45,47-52,54-55,57-61H2,1-6H3,(H-,66,68,70,71)/b13-10-,22-19-,29-27-,33-32-,38-36-,46-43-,56-53+. The topological polar surface area (TPSA) is 114 Å². The van der Waals surface area contributed by atoms with E-state index in [1.165, 1.54) is 135 Å². The fourth-order valence-corrected chi connectivity index (χ4v) is 9.31. The average molecular weight is 1070 g/mol. The van der Waals surface area contributed by atoms with Crippen molar-refractivity contribution in [2.45, 2.75) is 277 Å². The van der Waals surface area contributed by atoms with Gasteiger partial charge in [-0.1, -0.05) is 254 Å². The molecule has 0 aromatic carbocycles. The van der Waals surface area contributed by atoms with Gasteiger partial charge in [-0.15, -0.1) is 0 Å². The third-order valence-electron chi connectivity index (χ3n) is 13.3. The van der Waals surface area contributed by atoms with E-state index in [0.717, 1.165) is 89.9 Å². The Bertz CT molecular complexity index is 1560. The summed E-state index contributed by atoms with van der Waals surface area (Å²) in [7, 11) is 1.16. The molecule has 3 unspecified atom stereocenters. The number of likely N-dealkylation sites (N-methyl/N-ethyl adjacent to an activating group) is 1. The number of nitrogens with one attached hydrogen (secondary N) is 1. The van der Waals surface area contributed by atoms with Crippen molar-refractivity contribution in [3.05, 3.63) is 85.1 Å². The minimum Gasteiger partial charge on any atom is -0.756 e. The van der Waals surface area contributed by atoms with E-state index in [2.05, 4.69) is 99.0 Å². The van der Waals surface area contributed by atoms with Crippen LogP contribution in [-0.2, 0) is 27.9 Å². The number of ether oxygens (including phenoxy) is 1. The lowest BCUT2D eigenvalue weighted by Gasteiger charge is -2.30. The summed E-state index contributed by atoms with van der Waals surface area (Å²) in [5.41, 5.74) is 0. The molecule has 434 valence electrons. The first kappa shape index (κ1) is 72.2. The van der Waals surface area contributed by atoms with Gasteiger partial charge >= 0.3 is 5.97 Å². The molecule has 0 aliphatic heterocycles. The zero-order valence-electron chi connectivity index (χ0n) is 49.5. The molecule has 0 saturated carbocycles. The fraction of sp³-hybridized carbons (Fsp3) is 0.754. The van der Waals surface area contributed by atoms with E-state index < -0.39 is 26.6 Å². The summed E-state index contributed by atoms with van der Waals surface area (Å²) in [4.78, 5) is 39.9. The van der Waals surface area contributed by atoms with Crippen molar-refractivity contribution in [2.75, 3.05) is 40.9 Å². The third-order valence-corrected chi connectivity index (χ3v) is 14.3. The summed E-state index contributed by atoms with van der Waals surface area (Å²) >= 11 is 0. The smallest absolute Gasteiger partial charge is 0.306 e. The minimum absolute atomic E-state index is 0.0315. The van der Waals surface area contributed by atoms with Crippen LogP contribution >= 0.6 is 7.82 Å². The molecule has 0 fully saturated rings. The largest absolute Gasteiger partial charge is 0.756 e. The molecule has 0 rings (SSSR count). The molecule has 10 heteroatoms. The molecule has 0 heterocycles. The van der Waals surface area contributed by atoms with Crippen molar-refractivity contribution in [3.63, 3.8) is 0 Å². The summed E-state index contributed by atoms with van der Waals surface area (Å²) in [5.74, 6) is -0.589. The summed E-state index contributed by atoms with van der Waals surface area (Å²) in [6, 6.07) is -0.908. The number of rotatable bonds is 55. The molecule has 9 nitrogen and oxygen atoms in total. The summed E-state index contributed by atoms with van der Waals surface area (Å²) in [6.45, 7) is 6.70. The molecular formula is C65H117N2O7P. The number of phosphoric acid groups is 1. The molecule has 0 aromatic heterocycles. The highest BCUT2D eigenvalue weighted by Crippen LogP contribution is 2.38. The highest BCUT2D eigenvalue weighted by Gasteiger charge is 2.27. The highest BCUT2D eigenvalue weighted by molar-refractivity contribution is 7.45. The lowest BCUT2D eigenvalue weighted by atomic mass is 10.0. The fourth-order valence-electron chi connectivity index (χ4n) is 8.58. The van der Waals surface area contributed by atoms with Gasteiger partial charge in [-0.05, 0) is 83.1 Å². The number of hydrogen-bond donors (Lipinski definition) is 1. The average Bonchev–Trinajstić information content (AvgIpc) is 3.37. The van der Waals surface area contributed by atoms with Crippen LogP contribution in [0, 0.1) is 0 Å². The van der Waals surface area contributed by atoms with Crippen LogP contribution < -0.4 is 10.2 Å². The maximum Gasteiger partial charge on any atom is 0.306 e. The molecule has 3 atom stereocenters. The number of unbranched alkanes of at least 4 members (excludes halogenated alkanes) is 27. The van der Waals surface area contributed by atoms with Crippen LogP contribution in [0.25, 0.3) is 0 Å². The number of phosphoric ester groups is 1. The van der Waals surface area contributed by atoms with Crippen LogP contribution in [0.4, 0.5) is 0 Å². The molecule has 0 aromatic rings. The Kier molecular flexibility index (Phi) is 52.5. The molecule has 0 spiro atoms. The second kappa shape index (κ2) is 54.5. The van der Waals surface area contributed by atoms with Gasteiger partial charge in [-0.3, -0.25) is 14.2 Å². The van der Waals surface area contributed by atoms with Crippen LogP contribution in [0.15, 0.2) is 85.1 Å². The first-order valence-electron chi connectivity index (χ1n) is 30.9. The molecule has 0 saturated heterocycles. The number of esters is 1. The zero-order chi connectivity index (χ0) is 55.0. The lowest BCUT2D eigenvalue weighted by Crippen LogP contribution is -2.47. The lowest BCUT2D eigenvalue weighted by molar-refractivity contribution is -0.870. The van der Waals surface area contributed by atoms with Crippen LogP contribution in [0.5, 0.6) is 0 Å². The first-order chi connectivity index (χ1) is 36.4. The Hall–Kier alpha value is -2.81. The first-order valence-corrected chi connectivity index (χ1v) is 32.4. The van der Waals surface area contributed by atoms with Gasteiger partial charge in [0, 0.05) is 12.8 Å². The van der Waals surface area contributed by atoms with Crippen molar-refractivity contribution in [1.29, 1.82) is 0 Å². The Morgan fingerprint density at radius 3 is 1.29 bits per heavy atom. The number of nitrogens with zero attached hydrogens (tertiary/aromatic N) is 1. The summed E-state index contributed by atoms with van der Waals surface area (Å²) in [6.07, 6.45) is 71.2. The van der Waals surface area contributed by atoms with Gasteiger partial charge in [-0.2, -0.15) is 0 Å². The van der Waals surface area contributed by atoms with Crippen LogP contribution in [0.3, 0.4) is 0 Å². The van der Waals surface area contributed by atoms with Crippen molar-refractivity contribution < 1.29 is 37.3 Å². The Balaban J connectivity index is 5.30. The van der Waals surface area contributed by atoms with Crippen LogP contribution in [0.2, 0.25) is 0 Å². The molecule has 0 aliphatic rings. The Labute approximate surface area is 463 Å². The highest BCUT2D eigenvalue weighted by atomic mass is 31.2. The number of carbonyl (C=O) groups is 2. The van der Waals surface area contributed by atoms with E-state index >= 15 is 0 Å². The van der Waals surface area contributed by atoms with Gasteiger partial charge < -0.3 is 28.5 Å². The predicted octanol–water partition coefficient (Wildman–Crippen LogP) is 18.4. The van der Waals surface area contributed by atoms with E-state index in [4.69, 9.17) is 13.8 Å². The van der Waals surface area contributed by atoms with Crippen molar-refractivity contribution in [3.8, 4) is 0 Å². The molecule has 75 heavy (non-hydrogen) atoms. The third kappa shape index (κ3) is 55.7. The number of quaternary nitrogens is 1. The monoisotopic (exact) mass is 1070 g/mol. The maximum absolute atomic E-state index is 13.5. The van der Waals surface area contributed by atoms with E-state index in [9.17, 15) is 19.0 Å². The van der Waals surface area contributed by atoms with Gasteiger partial charge in [0.15, 0.2) is 0 Å². The maximum atomic E-state index is 13.5. The van der Waals surface area contributed by atoms with Gasteiger partial charge in [0.25, 0.3) is 7.82 Å². The summed E-state index contributed by atoms with van der Waals surface area (Å²) < 4.78 is 30.3. The van der Waals surface area contributed by atoms with Crippen molar-refractivity contribution >= 4 is 19.7 Å². The molecule has 0 bridgehead atoms. The molecular weight excluding hydrogens is 952 g/mol. The van der Waals surface area contributed by atoms with Crippen molar-refractivity contribution in [1.82, 2.24) is 5.32 Å². The van der Waals surface area contributed by atoms with E-state index in [1.807, 2.05) is 33.3 Å². The number of hydrogen-bond acceptors (Lipinski definition) is 7. The number of allylic oxidation sites excluding steroid dienone is 13. The van der Waals surface area contributed by atoms with Gasteiger partial charge in [0.05, 0.1) is 33.8 Å². The van der Waals surface area contributed by atoms with Gasteiger partial charge in [0.2, 0.25) is 5.91 Å². The van der Waals surface area contributed by atoms with E-state index in [0.29, 0.717) is 23.9 Å². The van der Waals surface area contributed by atoms with E-state index in [1.54, 1.807) is 0 Å². The normalized spacial score (nSPS) is 14.3. The Morgan fingerprint density at radius 1 is 0.480 bits per heavy atom. The van der Waals surface area contributed by atoms with Crippen LogP contribution in [0.1, 0.15) is 265 Å². The predicted molar refractivity (Wildman–Crippen MR) is 321 cm³/mol. The SMILES string of the molecule is CC/C=C\C/C=C\C/C=C\C/C=C\C/C=C\C/C=C\CCCCC(=O)OC(/C=C/CCCCCCCCCCC)C(COP(=O)([O-])OCC[N+](C)(C)C)NC(=O)CCCCCCCCCCCCCCCCCCC.